The van der Waals surface area contributed by atoms with E-state index < -0.39 is 17.6 Å². The molecule has 0 fully saturated rings. The molecule has 4 rings (SSSR count). The average Bonchev–Trinajstić information content (AvgIpc) is 3.30. The monoisotopic (exact) mass is 582 g/mol. The number of nitrogens with one attached hydrogen (secondary N) is 1. The number of halogens is 5. The van der Waals surface area contributed by atoms with Crippen LogP contribution < -0.4 is 14.8 Å². The van der Waals surface area contributed by atoms with E-state index >= 15 is 0 Å². The zero-order valence-electron chi connectivity index (χ0n) is 19.6. The molecule has 1 amide bonds. The second-order valence-corrected chi connectivity index (χ2v) is 9.51. The number of hydrogen-bond acceptors (Lipinski definition) is 6. The van der Waals surface area contributed by atoms with E-state index in [9.17, 15) is 18.0 Å². The molecule has 0 aliphatic rings. The van der Waals surface area contributed by atoms with Crippen LogP contribution in [0.2, 0.25) is 10.0 Å². The van der Waals surface area contributed by atoms with E-state index in [2.05, 4.69) is 15.5 Å². The maximum absolute atomic E-state index is 13.4. The van der Waals surface area contributed by atoms with E-state index in [1.165, 1.54) is 6.07 Å². The summed E-state index contributed by atoms with van der Waals surface area (Å²) in [5, 5.41) is 11.5. The molecule has 3 aromatic carbocycles. The quantitative estimate of drug-likeness (QED) is 0.216. The molecule has 1 aromatic heterocycles. The number of carbonyl (C=O) groups is 1. The molecule has 1 N–H and O–H groups in total. The summed E-state index contributed by atoms with van der Waals surface area (Å²) in [6.45, 7) is 0.0487. The Morgan fingerprint density at radius 2 is 1.63 bits per heavy atom. The van der Waals surface area contributed by atoms with Crippen molar-refractivity contribution in [1.29, 1.82) is 0 Å². The molecule has 4 aromatic rings. The molecule has 0 saturated carbocycles. The predicted molar refractivity (Wildman–Crippen MR) is 140 cm³/mol. The van der Waals surface area contributed by atoms with Gasteiger partial charge in [0.25, 0.3) is 0 Å². The van der Waals surface area contributed by atoms with Crippen molar-refractivity contribution in [2.75, 3.05) is 18.2 Å². The lowest BCUT2D eigenvalue weighted by atomic mass is 10.1. The lowest BCUT2D eigenvalue weighted by Gasteiger charge is -2.14. The van der Waals surface area contributed by atoms with Gasteiger partial charge in [-0.05, 0) is 66.7 Å². The van der Waals surface area contributed by atoms with Crippen LogP contribution in [0.4, 0.5) is 18.9 Å². The summed E-state index contributed by atoms with van der Waals surface area (Å²) in [4.78, 5) is 12.6. The fourth-order valence-electron chi connectivity index (χ4n) is 3.33. The molecule has 0 aliphatic carbocycles. The van der Waals surface area contributed by atoms with E-state index in [1.54, 1.807) is 60.2 Å². The molecule has 198 valence electrons. The third-order valence-corrected chi connectivity index (χ3v) is 6.52. The molecule has 7 nitrogen and oxygen atoms in total. The standard InChI is InChI=1S/C25H19Cl2F3N4O3S/c1-36-18-9-5-17(6-10-18)34-22(13-37-19-7-2-15(26)3-8-19)32-33-24(34)38-14-23(35)31-21-11-4-16(27)12-20(21)25(28,29)30/h2-12H,13-14H2,1H3,(H,31,35). The maximum Gasteiger partial charge on any atom is 0.418 e. The Morgan fingerprint density at radius 1 is 0.974 bits per heavy atom. The minimum Gasteiger partial charge on any atom is -0.497 e. The molecule has 0 unspecified atom stereocenters. The summed E-state index contributed by atoms with van der Waals surface area (Å²) < 4.78 is 52.9. The number of thioether (sulfide) groups is 1. The number of aromatic nitrogens is 3. The van der Waals surface area contributed by atoms with Crippen molar-refractivity contribution in [3.63, 3.8) is 0 Å². The SMILES string of the molecule is COc1ccc(-n2c(COc3ccc(Cl)cc3)nnc2SCC(=O)Nc2ccc(Cl)cc2C(F)(F)F)cc1. The molecule has 0 aliphatic heterocycles. The van der Waals surface area contributed by atoms with Crippen molar-refractivity contribution in [2.45, 2.75) is 17.9 Å². The molecule has 0 bridgehead atoms. The third kappa shape index (κ3) is 6.91. The summed E-state index contributed by atoms with van der Waals surface area (Å²) >= 11 is 12.6. The van der Waals surface area contributed by atoms with Gasteiger partial charge in [0.2, 0.25) is 5.91 Å². The maximum atomic E-state index is 13.4. The van der Waals surface area contributed by atoms with Gasteiger partial charge in [0, 0.05) is 15.7 Å². The van der Waals surface area contributed by atoms with Crippen molar-refractivity contribution >= 4 is 46.6 Å². The van der Waals surface area contributed by atoms with Crippen molar-refractivity contribution in [3.8, 4) is 17.2 Å². The van der Waals surface area contributed by atoms with Crippen molar-refractivity contribution in [2.24, 2.45) is 0 Å². The van der Waals surface area contributed by atoms with Crippen molar-refractivity contribution in [3.05, 3.63) is 88.2 Å². The predicted octanol–water partition coefficient (Wildman–Crippen LogP) is 6.91. The van der Waals surface area contributed by atoms with Crippen LogP contribution in [-0.4, -0.2) is 33.5 Å². The highest BCUT2D eigenvalue weighted by Gasteiger charge is 2.34. The number of amides is 1. The zero-order chi connectivity index (χ0) is 27.3. The Bertz CT molecular complexity index is 1420. The van der Waals surface area contributed by atoms with Crippen LogP contribution in [0.1, 0.15) is 11.4 Å². The molecular formula is C25H19Cl2F3N4O3S. The normalized spacial score (nSPS) is 11.3. The van der Waals surface area contributed by atoms with Gasteiger partial charge in [-0.2, -0.15) is 13.2 Å². The van der Waals surface area contributed by atoms with Gasteiger partial charge < -0.3 is 14.8 Å². The molecular weight excluding hydrogens is 564 g/mol. The smallest absolute Gasteiger partial charge is 0.418 e. The summed E-state index contributed by atoms with van der Waals surface area (Å²) in [6.07, 6.45) is -4.69. The summed E-state index contributed by atoms with van der Waals surface area (Å²) in [5.41, 5.74) is -0.752. The minimum atomic E-state index is -4.69. The van der Waals surface area contributed by atoms with E-state index in [1.807, 2.05) is 0 Å². The van der Waals surface area contributed by atoms with Crippen molar-refractivity contribution in [1.82, 2.24) is 14.8 Å². The fraction of sp³-hybridized carbons (Fsp3) is 0.160. The lowest BCUT2D eigenvalue weighted by molar-refractivity contribution is -0.137. The highest BCUT2D eigenvalue weighted by atomic mass is 35.5. The van der Waals surface area contributed by atoms with Gasteiger partial charge in [0.05, 0.1) is 24.1 Å². The third-order valence-electron chi connectivity index (χ3n) is 5.11. The van der Waals surface area contributed by atoms with Crippen LogP contribution in [0.3, 0.4) is 0 Å². The second kappa shape index (κ2) is 12.0. The van der Waals surface area contributed by atoms with Gasteiger partial charge in [-0.3, -0.25) is 9.36 Å². The largest absolute Gasteiger partial charge is 0.497 e. The van der Waals surface area contributed by atoms with Gasteiger partial charge in [0.1, 0.15) is 18.1 Å². The molecule has 13 heteroatoms. The second-order valence-electron chi connectivity index (χ2n) is 7.70. The Morgan fingerprint density at radius 3 is 2.29 bits per heavy atom. The Labute approximate surface area is 229 Å². The molecule has 0 atom stereocenters. The number of alkyl halides is 3. The number of benzene rings is 3. The summed E-state index contributed by atoms with van der Waals surface area (Å²) in [5.74, 6) is 0.747. The van der Waals surface area contributed by atoms with E-state index in [0.717, 1.165) is 23.9 Å². The molecule has 0 saturated heterocycles. The molecule has 38 heavy (non-hydrogen) atoms. The summed E-state index contributed by atoms with van der Waals surface area (Å²) in [6, 6.07) is 17.0. The first-order chi connectivity index (χ1) is 18.1. The van der Waals surface area contributed by atoms with Crippen LogP contribution >= 0.6 is 35.0 Å². The number of carbonyl (C=O) groups excluding carboxylic acids is 1. The number of anilines is 1. The first kappa shape index (κ1) is 27.6. The zero-order valence-corrected chi connectivity index (χ0v) is 22.0. The number of hydrogen-bond donors (Lipinski definition) is 1. The van der Waals surface area contributed by atoms with Gasteiger partial charge in [-0.15, -0.1) is 10.2 Å². The van der Waals surface area contributed by atoms with Crippen LogP contribution in [0.25, 0.3) is 5.69 Å². The lowest BCUT2D eigenvalue weighted by Crippen LogP contribution is -2.18. The van der Waals surface area contributed by atoms with Gasteiger partial charge >= 0.3 is 6.18 Å². The number of nitrogens with zero attached hydrogens (tertiary/aromatic N) is 3. The van der Waals surface area contributed by atoms with Gasteiger partial charge in [-0.25, -0.2) is 0 Å². The van der Waals surface area contributed by atoms with Crippen LogP contribution in [0.15, 0.2) is 71.9 Å². The fourth-order valence-corrected chi connectivity index (χ4v) is 4.40. The highest BCUT2D eigenvalue weighted by molar-refractivity contribution is 7.99. The van der Waals surface area contributed by atoms with Gasteiger partial charge in [-0.1, -0.05) is 35.0 Å². The summed E-state index contributed by atoms with van der Waals surface area (Å²) in [7, 11) is 1.55. The molecule has 1 heterocycles. The number of ether oxygens (including phenoxy) is 2. The van der Waals surface area contributed by atoms with E-state index in [0.29, 0.717) is 33.2 Å². The number of methoxy groups -OCH3 is 1. The molecule has 0 radical (unpaired) electrons. The Balaban J connectivity index is 1.53. The van der Waals surface area contributed by atoms with E-state index in [-0.39, 0.29) is 23.1 Å². The van der Waals surface area contributed by atoms with Crippen LogP contribution in [0.5, 0.6) is 11.5 Å². The first-order valence-corrected chi connectivity index (χ1v) is 12.6. The van der Waals surface area contributed by atoms with E-state index in [4.69, 9.17) is 32.7 Å². The number of rotatable bonds is 9. The minimum absolute atomic E-state index is 0.0487. The average molecular weight is 583 g/mol. The topological polar surface area (TPSA) is 78.3 Å². The van der Waals surface area contributed by atoms with Crippen molar-refractivity contribution < 1.29 is 27.4 Å². The van der Waals surface area contributed by atoms with Crippen LogP contribution in [0, 0.1) is 0 Å². The van der Waals surface area contributed by atoms with Gasteiger partial charge in [0.15, 0.2) is 11.0 Å². The first-order valence-electron chi connectivity index (χ1n) is 10.9. The molecule has 0 spiro atoms. The Hall–Kier alpha value is -3.41. The van der Waals surface area contributed by atoms with Crippen LogP contribution in [-0.2, 0) is 17.6 Å². The Kier molecular flexibility index (Phi) is 8.70. The highest BCUT2D eigenvalue weighted by Crippen LogP contribution is 2.36.